The number of anilines is 1. The van der Waals surface area contributed by atoms with Crippen LogP contribution in [-0.4, -0.2) is 50.8 Å². The number of aliphatic hydroxyl groups is 1. The topological polar surface area (TPSA) is 155 Å². The Morgan fingerprint density at radius 2 is 2.00 bits per heavy atom. The van der Waals surface area contributed by atoms with Gasteiger partial charge in [0.25, 0.3) is 5.56 Å². The molecule has 0 spiro atoms. The first-order valence-electron chi connectivity index (χ1n) is 9.21. The average Bonchev–Trinajstić information content (AvgIpc) is 2.78. The number of aliphatic hydroxyl groups excluding tert-OH is 1. The summed E-state index contributed by atoms with van der Waals surface area (Å²) in [5.41, 5.74) is 4.24. The Morgan fingerprint density at radius 1 is 1.23 bits per heavy atom. The first-order valence-corrected chi connectivity index (χ1v) is 9.21. The van der Waals surface area contributed by atoms with Crippen molar-refractivity contribution >= 4 is 12.2 Å². The molecular weight excluding hydrogens is 404 g/mol. The number of aromatic amines is 1. The Bertz CT molecular complexity index is 1160. The maximum absolute atomic E-state index is 12.4. The molecule has 0 saturated heterocycles. The van der Waals surface area contributed by atoms with E-state index in [1.165, 1.54) is 19.5 Å². The molecule has 0 bridgehead atoms. The van der Waals surface area contributed by atoms with E-state index < -0.39 is 5.56 Å². The van der Waals surface area contributed by atoms with Gasteiger partial charge in [-0.25, -0.2) is 5.43 Å². The van der Waals surface area contributed by atoms with E-state index in [0.29, 0.717) is 28.3 Å². The van der Waals surface area contributed by atoms with Crippen LogP contribution in [0, 0.1) is 6.92 Å². The number of aryl methyl sites for hydroxylation is 1. The van der Waals surface area contributed by atoms with Crippen LogP contribution in [0.4, 0.5) is 5.95 Å². The standard InChI is InChI=1S/C20H22N6O5/c1-11-18(28)14(13(10-27)8-21-11)9-22-25-20-23-19(29)15(24-26-20)6-12-4-5-16(30-2)17(7-12)31-3/h4-5,7-9,27-28H,6,10H2,1-3H3,(H2,23,25,26,29). The highest BCUT2D eigenvalue weighted by atomic mass is 16.5. The zero-order chi connectivity index (χ0) is 22.4. The minimum Gasteiger partial charge on any atom is -0.505 e. The maximum Gasteiger partial charge on any atom is 0.274 e. The minimum absolute atomic E-state index is 0.0214. The zero-order valence-corrected chi connectivity index (χ0v) is 17.2. The van der Waals surface area contributed by atoms with Crippen LogP contribution >= 0.6 is 0 Å². The largest absolute Gasteiger partial charge is 0.505 e. The second-order valence-corrected chi connectivity index (χ2v) is 6.47. The van der Waals surface area contributed by atoms with Gasteiger partial charge in [-0.15, -0.1) is 10.2 Å². The molecule has 0 fully saturated rings. The van der Waals surface area contributed by atoms with Gasteiger partial charge in [0.1, 0.15) is 11.4 Å². The SMILES string of the molecule is COc1ccc(Cc2nnc(NN=Cc3c(CO)cnc(C)c3O)[nH]c2=O)cc1OC. The van der Waals surface area contributed by atoms with Gasteiger partial charge in [0.15, 0.2) is 11.5 Å². The van der Waals surface area contributed by atoms with E-state index in [2.05, 4.69) is 30.7 Å². The molecule has 31 heavy (non-hydrogen) atoms. The summed E-state index contributed by atoms with van der Waals surface area (Å²) < 4.78 is 10.5. The number of aromatic hydroxyl groups is 1. The summed E-state index contributed by atoms with van der Waals surface area (Å²) in [6, 6.07) is 5.32. The number of hydrazone groups is 1. The van der Waals surface area contributed by atoms with Crippen molar-refractivity contribution < 1.29 is 19.7 Å². The molecule has 0 unspecified atom stereocenters. The summed E-state index contributed by atoms with van der Waals surface area (Å²) in [5, 5.41) is 31.3. The van der Waals surface area contributed by atoms with Crippen molar-refractivity contribution in [2.45, 2.75) is 20.0 Å². The minimum atomic E-state index is -0.430. The van der Waals surface area contributed by atoms with E-state index in [0.717, 1.165) is 5.56 Å². The summed E-state index contributed by atoms with van der Waals surface area (Å²) in [6.07, 6.45) is 2.99. The van der Waals surface area contributed by atoms with Gasteiger partial charge >= 0.3 is 0 Å². The monoisotopic (exact) mass is 426 g/mol. The van der Waals surface area contributed by atoms with Crippen molar-refractivity contribution in [1.29, 1.82) is 0 Å². The molecule has 2 aromatic heterocycles. The number of aromatic nitrogens is 4. The third-order valence-corrected chi connectivity index (χ3v) is 4.48. The number of methoxy groups -OCH3 is 2. The number of hydrogen-bond acceptors (Lipinski definition) is 10. The Hall–Kier alpha value is -3.99. The average molecular weight is 426 g/mol. The highest BCUT2D eigenvalue weighted by Crippen LogP contribution is 2.28. The lowest BCUT2D eigenvalue weighted by molar-refractivity contribution is 0.280. The zero-order valence-electron chi connectivity index (χ0n) is 17.2. The highest BCUT2D eigenvalue weighted by molar-refractivity contribution is 5.86. The van der Waals surface area contributed by atoms with Crippen LogP contribution in [0.2, 0.25) is 0 Å². The molecule has 0 saturated carbocycles. The van der Waals surface area contributed by atoms with Crippen molar-refractivity contribution in [2.24, 2.45) is 5.10 Å². The molecule has 0 aliphatic heterocycles. The molecule has 3 aromatic rings. The molecular formula is C20H22N6O5. The van der Waals surface area contributed by atoms with E-state index in [-0.39, 0.29) is 30.4 Å². The molecule has 11 heteroatoms. The smallest absolute Gasteiger partial charge is 0.274 e. The number of hydrogen-bond donors (Lipinski definition) is 4. The predicted octanol–water partition coefficient (Wildman–Crippen LogP) is 1.12. The van der Waals surface area contributed by atoms with E-state index in [1.807, 2.05) is 0 Å². The number of pyridine rings is 1. The predicted molar refractivity (Wildman–Crippen MR) is 113 cm³/mol. The lowest BCUT2D eigenvalue weighted by Gasteiger charge is -2.09. The molecule has 0 aliphatic rings. The molecule has 3 rings (SSSR count). The van der Waals surface area contributed by atoms with Gasteiger partial charge < -0.3 is 19.7 Å². The van der Waals surface area contributed by atoms with Gasteiger partial charge in [0, 0.05) is 23.7 Å². The maximum atomic E-state index is 12.4. The van der Waals surface area contributed by atoms with Crippen LogP contribution in [-0.2, 0) is 13.0 Å². The van der Waals surface area contributed by atoms with Crippen LogP contribution in [0.5, 0.6) is 17.2 Å². The number of ether oxygens (including phenoxy) is 2. The second-order valence-electron chi connectivity index (χ2n) is 6.47. The van der Waals surface area contributed by atoms with E-state index in [9.17, 15) is 15.0 Å². The molecule has 0 atom stereocenters. The summed E-state index contributed by atoms with van der Waals surface area (Å²) in [5.74, 6) is 1.06. The quantitative estimate of drug-likeness (QED) is 0.306. The van der Waals surface area contributed by atoms with E-state index >= 15 is 0 Å². The molecule has 0 amide bonds. The number of H-pyrrole nitrogens is 1. The molecule has 162 valence electrons. The normalized spacial score (nSPS) is 11.0. The van der Waals surface area contributed by atoms with Gasteiger partial charge in [-0.2, -0.15) is 5.10 Å². The molecule has 1 aromatic carbocycles. The summed E-state index contributed by atoms with van der Waals surface area (Å²) in [4.78, 5) is 18.9. The van der Waals surface area contributed by atoms with Crippen molar-refractivity contribution in [3.8, 4) is 17.2 Å². The first kappa shape index (κ1) is 21.7. The van der Waals surface area contributed by atoms with Crippen molar-refractivity contribution in [2.75, 3.05) is 19.6 Å². The van der Waals surface area contributed by atoms with Crippen molar-refractivity contribution in [3.63, 3.8) is 0 Å². The number of nitrogens with one attached hydrogen (secondary N) is 2. The summed E-state index contributed by atoms with van der Waals surface area (Å²) in [6.45, 7) is 1.31. The van der Waals surface area contributed by atoms with Gasteiger partial charge in [0.2, 0.25) is 5.95 Å². The Kier molecular flexibility index (Phi) is 6.78. The van der Waals surface area contributed by atoms with Crippen LogP contribution in [0.25, 0.3) is 0 Å². The van der Waals surface area contributed by atoms with Crippen molar-refractivity contribution in [3.05, 3.63) is 62.8 Å². The van der Waals surface area contributed by atoms with Gasteiger partial charge in [0.05, 0.1) is 32.7 Å². The fourth-order valence-electron chi connectivity index (χ4n) is 2.79. The third kappa shape index (κ3) is 4.95. The number of benzene rings is 1. The van der Waals surface area contributed by atoms with Crippen LogP contribution in [0.3, 0.4) is 0 Å². The fraction of sp³-hybridized carbons (Fsp3) is 0.250. The Balaban J connectivity index is 1.74. The van der Waals surface area contributed by atoms with Crippen LogP contribution in [0.15, 0.2) is 34.3 Å². The van der Waals surface area contributed by atoms with E-state index in [4.69, 9.17) is 9.47 Å². The molecule has 4 N–H and O–H groups in total. The van der Waals surface area contributed by atoms with Crippen LogP contribution in [0.1, 0.15) is 28.1 Å². The van der Waals surface area contributed by atoms with E-state index in [1.54, 1.807) is 32.2 Å². The molecule has 11 nitrogen and oxygen atoms in total. The van der Waals surface area contributed by atoms with Crippen LogP contribution < -0.4 is 20.5 Å². The third-order valence-electron chi connectivity index (χ3n) is 4.48. The molecule has 2 heterocycles. The van der Waals surface area contributed by atoms with Crippen molar-refractivity contribution in [1.82, 2.24) is 20.2 Å². The molecule has 0 radical (unpaired) electrons. The van der Waals surface area contributed by atoms with Gasteiger partial charge in [-0.3, -0.25) is 14.8 Å². The summed E-state index contributed by atoms with van der Waals surface area (Å²) in [7, 11) is 3.08. The fourth-order valence-corrected chi connectivity index (χ4v) is 2.79. The van der Waals surface area contributed by atoms with Gasteiger partial charge in [-0.05, 0) is 24.6 Å². The summed E-state index contributed by atoms with van der Waals surface area (Å²) >= 11 is 0. The number of rotatable bonds is 8. The molecule has 0 aliphatic carbocycles. The van der Waals surface area contributed by atoms with Gasteiger partial charge in [-0.1, -0.05) is 6.07 Å². The Morgan fingerprint density at radius 3 is 2.68 bits per heavy atom. The lowest BCUT2D eigenvalue weighted by Crippen LogP contribution is -2.18. The first-order chi connectivity index (χ1) is 15.0. The number of nitrogens with zero attached hydrogens (tertiary/aromatic N) is 4. The second kappa shape index (κ2) is 9.67. The highest BCUT2D eigenvalue weighted by Gasteiger charge is 2.11. The Labute approximate surface area is 177 Å². The lowest BCUT2D eigenvalue weighted by atomic mass is 10.1.